The largest absolute Gasteiger partial charge is 0.497 e. The molecule has 0 atom stereocenters. The molecule has 0 radical (unpaired) electrons. The van der Waals surface area contributed by atoms with Crippen molar-refractivity contribution in [2.75, 3.05) is 19.0 Å². The minimum atomic E-state index is -0.394. The van der Waals surface area contributed by atoms with Gasteiger partial charge in [0, 0.05) is 12.5 Å². The summed E-state index contributed by atoms with van der Waals surface area (Å²) in [6.07, 6.45) is 0.0909. The summed E-state index contributed by atoms with van der Waals surface area (Å²) in [5.41, 5.74) is 0.454. The lowest BCUT2D eigenvalue weighted by molar-refractivity contribution is -0.144. The Labute approximate surface area is 116 Å². The lowest BCUT2D eigenvalue weighted by Crippen LogP contribution is -2.14. The first-order valence-corrected chi connectivity index (χ1v) is 6.23. The van der Waals surface area contributed by atoms with Crippen LogP contribution in [0.3, 0.4) is 0 Å². The lowest BCUT2D eigenvalue weighted by Gasteiger charge is -2.09. The summed E-state index contributed by atoms with van der Waals surface area (Å²) in [5.74, 6) is -0.109. The van der Waals surface area contributed by atoms with Crippen molar-refractivity contribution in [2.45, 2.75) is 19.8 Å². The van der Waals surface area contributed by atoms with Crippen LogP contribution in [0.5, 0.6) is 5.75 Å². The number of methoxy groups -OCH3 is 1. The maximum atomic E-state index is 11.7. The van der Waals surface area contributed by atoms with E-state index in [4.69, 9.17) is 21.1 Å². The van der Waals surface area contributed by atoms with E-state index in [-0.39, 0.29) is 18.7 Å². The minimum absolute atomic E-state index is 0.0429. The van der Waals surface area contributed by atoms with Gasteiger partial charge in [-0.05, 0) is 19.1 Å². The lowest BCUT2D eigenvalue weighted by atomic mass is 10.2. The first-order chi connectivity index (χ1) is 9.06. The second-order valence-electron chi connectivity index (χ2n) is 3.70. The van der Waals surface area contributed by atoms with Gasteiger partial charge >= 0.3 is 5.97 Å². The summed E-state index contributed by atoms with van der Waals surface area (Å²) in [4.78, 5) is 22.8. The van der Waals surface area contributed by atoms with E-state index in [2.05, 4.69) is 5.32 Å². The highest BCUT2D eigenvalue weighted by Crippen LogP contribution is 2.26. The molecule has 0 aliphatic heterocycles. The molecule has 0 unspecified atom stereocenters. The van der Waals surface area contributed by atoms with Gasteiger partial charge in [0.2, 0.25) is 5.91 Å². The number of anilines is 1. The van der Waals surface area contributed by atoms with Crippen molar-refractivity contribution >= 4 is 29.2 Å². The summed E-state index contributed by atoms with van der Waals surface area (Å²) < 4.78 is 9.78. The fourth-order valence-electron chi connectivity index (χ4n) is 1.39. The van der Waals surface area contributed by atoms with Gasteiger partial charge in [-0.15, -0.1) is 0 Å². The molecule has 1 aromatic rings. The molecule has 1 aromatic carbocycles. The molecular formula is C13H16ClNO4. The van der Waals surface area contributed by atoms with E-state index in [0.717, 1.165) is 0 Å². The Morgan fingerprint density at radius 1 is 1.32 bits per heavy atom. The van der Waals surface area contributed by atoms with Crippen molar-refractivity contribution in [1.82, 2.24) is 0 Å². The predicted molar refractivity (Wildman–Crippen MR) is 72.5 cm³/mol. The third kappa shape index (κ3) is 5.18. The number of esters is 1. The average Bonchev–Trinajstić information content (AvgIpc) is 2.39. The van der Waals surface area contributed by atoms with Crippen LogP contribution in [-0.2, 0) is 14.3 Å². The average molecular weight is 286 g/mol. The van der Waals surface area contributed by atoms with Crippen LogP contribution in [0.2, 0.25) is 5.02 Å². The van der Waals surface area contributed by atoms with Crippen LogP contribution < -0.4 is 10.1 Å². The molecule has 1 N–H and O–H groups in total. The number of rotatable bonds is 6. The molecule has 5 nitrogen and oxygen atoms in total. The molecule has 0 spiro atoms. The zero-order valence-corrected chi connectivity index (χ0v) is 11.6. The van der Waals surface area contributed by atoms with Gasteiger partial charge in [0.25, 0.3) is 0 Å². The molecule has 0 aliphatic carbocycles. The zero-order chi connectivity index (χ0) is 14.3. The summed E-state index contributed by atoms with van der Waals surface area (Å²) in [7, 11) is 1.52. The van der Waals surface area contributed by atoms with Crippen LogP contribution in [0.4, 0.5) is 5.69 Å². The Kier molecular flexibility index (Phi) is 6.15. The quantitative estimate of drug-likeness (QED) is 0.816. The number of nitrogens with one attached hydrogen (secondary N) is 1. The normalized spacial score (nSPS) is 9.84. The Balaban J connectivity index is 2.54. The van der Waals surface area contributed by atoms with Crippen LogP contribution in [0, 0.1) is 0 Å². The molecule has 104 valence electrons. The van der Waals surface area contributed by atoms with E-state index in [1.807, 2.05) is 0 Å². The molecular weight excluding hydrogens is 270 g/mol. The molecule has 0 saturated heterocycles. The maximum absolute atomic E-state index is 11.7. The molecule has 1 amide bonds. The van der Waals surface area contributed by atoms with Crippen molar-refractivity contribution in [3.8, 4) is 5.75 Å². The number of halogens is 1. The summed E-state index contributed by atoms with van der Waals surface area (Å²) in [5, 5.41) is 3.03. The summed E-state index contributed by atoms with van der Waals surface area (Å²) in [6, 6.07) is 4.93. The fourth-order valence-corrected chi connectivity index (χ4v) is 1.55. The van der Waals surface area contributed by atoms with Crippen molar-refractivity contribution in [2.24, 2.45) is 0 Å². The minimum Gasteiger partial charge on any atom is -0.497 e. The standard InChI is InChI=1S/C13H16ClNO4/c1-3-19-13(17)7-6-12(16)15-11-8-9(18-2)4-5-10(11)14/h4-5,8H,3,6-7H2,1-2H3,(H,15,16). The van der Waals surface area contributed by atoms with Crippen LogP contribution in [0.1, 0.15) is 19.8 Å². The van der Waals surface area contributed by atoms with Gasteiger partial charge in [-0.3, -0.25) is 9.59 Å². The molecule has 0 saturated carbocycles. The molecule has 0 fully saturated rings. The monoisotopic (exact) mass is 285 g/mol. The SMILES string of the molecule is CCOC(=O)CCC(=O)Nc1cc(OC)ccc1Cl. The third-order valence-electron chi connectivity index (χ3n) is 2.31. The molecule has 6 heteroatoms. The van der Waals surface area contributed by atoms with Crippen molar-refractivity contribution in [3.05, 3.63) is 23.2 Å². The van der Waals surface area contributed by atoms with Crippen LogP contribution in [-0.4, -0.2) is 25.6 Å². The molecule has 0 bridgehead atoms. The Hall–Kier alpha value is -1.75. The van der Waals surface area contributed by atoms with Gasteiger partial charge in [-0.2, -0.15) is 0 Å². The number of amides is 1. The second kappa shape index (κ2) is 7.63. The fraction of sp³-hybridized carbons (Fsp3) is 0.385. The van der Waals surface area contributed by atoms with E-state index in [1.165, 1.54) is 7.11 Å². The van der Waals surface area contributed by atoms with Gasteiger partial charge in [0.05, 0.1) is 30.8 Å². The van der Waals surface area contributed by atoms with E-state index in [0.29, 0.717) is 23.1 Å². The summed E-state index contributed by atoms with van der Waals surface area (Å²) >= 11 is 5.95. The third-order valence-corrected chi connectivity index (χ3v) is 2.64. The van der Waals surface area contributed by atoms with Crippen LogP contribution >= 0.6 is 11.6 Å². The van der Waals surface area contributed by atoms with Crippen molar-refractivity contribution in [1.29, 1.82) is 0 Å². The first kappa shape index (κ1) is 15.3. The number of carbonyl (C=O) groups excluding carboxylic acids is 2. The highest BCUT2D eigenvalue weighted by Gasteiger charge is 2.10. The molecule has 19 heavy (non-hydrogen) atoms. The molecule has 0 aliphatic rings. The van der Waals surface area contributed by atoms with E-state index in [1.54, 1.807) is 25.1 Å². The Bertz CT molecular complexity index is 462. The Morgan fingerprint density at radius 2 is 2.05 bits per heavy atom. The molecule has 0 aromatic heterocycles. The summed E-state index contributed by atoms with van der Waals surface area (Å²) in [6.45, 7) is 2.02. The van der Waals surface area contributed by atoms with Crippen molar-refractivity contribution in [3.63, 3.8) is 0 Å². The maximum Gasteiger partial charge on any atom is 0.306 e. The van der Waals surface area contributed by atoms with Gasteiger partial charge in [-0.1, -0.05) is 11.6 Å². The van der Waals surface area contributed by atoms with E-state index >= 15 is 0 Å². The van der Waals surface area contributed by atoms with Gasteiger partial charge in [0.1, 0.15) is 5.75 Å². The van der Waals surface area contributed by atoms with E-state index < -0.39 is 5.97 Å². The second-order valence-corrected chi connectivity index (χ2v) is 4.11. The van der Waals surface area contributed by atoms with Crippen LogP contribution in [0.25, 0.3) is 0 Å². The first-order valence-electron chi connectivity index (χ1n) is 5.85. The topological polar surface area (TPSA) is 64.6 Å². The van der Waals surface area contributed by atoms with E-state index in [9.17, 15) is 9.59 Å². The Morgan fingerprint density at radius 3 is 2.68 bits per heavy atom. The number of hydrogen-bond acceptors (Lipinski definition) is 4. The van der Waals surface area contributed by atoms with Gasteiger partial charge in [-0.25, -0.2) is 0 Å². The van der Waals surface area contributed by atoms with Crippen molar-refractivity contribution < 1.29 is 19.1 Å². The number of carbonyl (C=O) groups is 2. The smallest absolute Gasteiger partial charge is 0.306 e. The zero-order valence-electron chi connectivity index (χ0n) is 10.9. The highest BCUT2D eigenvalue weighted by molar-refractivity contribution is 6.33. The highest BCUT2D eigenvalue weighted by atomic mass is 35.5. The molecule has 1 rings (SSSR count). The number of benzene rings is 1. The number of ether oxygens (including phenoxy) is 2. The molecule has 0 heterocycles. The van der Waals surface area contributed by atoms with Gasteiger partial charge in [0.15, 0.2) is 0 Å². The van der Waals surface area contributed by atoms with Crippen LogP contribution in [0.15, 0.2) is 18.2 Å². The van der Waals surface area contributed by atoms with Gasteiger partial charge < -0.3 is 14.8 Å². The predicted octanol–water partition coefficient (Wildman–Crippen LogP) is 2.63. The number of hydrogen-bond donors (Lipinski definition) is 1.